The number of likely N-dealkylation sites (N-methyl/N-ethyl adjacent to an activating group) is 1. The van der Waals surface area contributed by atoms with Crippen LogP contribution in [-0.4, -0.2) is 46.7 Å². The number of carbonyl (C=O) groups is 3. The maximum absolute atomic E-state index is 12.7. The molecule has 204 valence electrons. The molecule has 3 aromatic carbocycles. The second-order valence-corrected chi connectivity index (χ2v) is 10.0. The highest BCUT2D eigenvalue weighted by molar-refractivity contribution is 6.12. The summed E-state index contributed by atoms with van der Waals surface area (Å²) in [6.45, 7) is 5.66. The predicted molar refractivity (Wildman–Crippen MR) is 149 cm³/mol. The van der Waals surface area contributed by atoms with Gasteiger partial charge < -0.3 is 19.3 Å². The quantitative estimate of drug-likeness (QED) is 0.227. The number of hydrogen-bond acceptors (Lipinski definition) is 6. The smallest absolute Gasteiger partial charge is 0.412 e. The number of carboxylic acids is 1. The molecule has 40 heavy (non-hydrogen) atoms. The molecule has 2 heterocycles. The van der Waals surface area contributed by atoms with E-state index in [1.165, 1.54) is 4.90 Å². The number of aromatic nitrogens is 1. The van der Waals surface area contributed by atoms with Gasteiger partial charge >= 0.3 is 12.1 Å². The van der Waals surface area contributed by atoms with E-state index in [0.717, 1.165) is 22.3 Å². The molecule has 2 atom stereocenters. The van der Waals surface area contributed by atoms with E-state index in [4.69, 9.17) is 9.26 Å². The fourth-order valence-electron chi connectivity index (χ4n) is 5.10. The van der Waals surface area contributed by atoms with Crippen LogP contribution in [0.2, 0.25) is 0 Å². The summed E-state index contributed by atoms with van der Waals surface area (Å²) >= 11 is 0. The van der Waals surface area contributed by atoms with Crippen LogP contribution < -0.4 is 5.32 Å². The van der Waals surface area contributed by atoms with Gasteiger partial charge in [0.05, 0.1) is 0 Å². The van der Waals surface area contributed by atoms with Gasteiger partial charge in [-0.1, -0.05) is 78.0 Å². The predicted octanol–water partition coefficient (Wildman–Crippen LogP) is 5.73. The molecule has 1 unspecified atom stereocenters. The molecule has 2 amide bonds. The Kier molecular flexibility index (Phi) is 6.89. The van der Waals surface area contributed by atoms with Crippen molar-refractivity contribution in [1.82, 2.24) is 10.1 Å². The first kappa shape index (κ1) is 26.7. The van der Waals surface area contributed by atoms with Crippen LogP contribution in [0.15, 0.2) is 77.3 Å². The third-order valence-corrected chi connectivity index (χ3v) is 7.41. The van der Waals surface area contributed by atoms with Crippen LogP contribution in [0.1, 0.15) is 35.4 Å². The minimum Gasteiger partial charge on any atom is -0.480 e. The molecule has 1 saturated heterocycles. The topological polar surface area (TPSA) is 122 Å². The lowest BCUT2D eigenvalue weighted by Crippen LogP contribution is -2.66. The van der Waals surface area contributed by atoms with E-state index in [1.807, 2.05) is 62.4 Å². The zero-order chi connectivity index (χ0) is 28.6. The van der Waals surface area contributed by atoms with Crippen molar-refractivity contribution in [2.75, 3.05) is 18.9 Å². The molecule has 1 aliphatic rings. The minimum atomic E-state index is -1.52. The van der Waals surface area contributed by atoms with Crippen molar-refractivity contribution in [3.8, 4) is 22.5 Å². The summed E-state index contributed by atoms with van der Waals surface area (Å²) in [4.78, 5) is 38.4. The fraction of sp³-hybridized carbons (Fsp3) is 0.226. The summed E-state index contributed by atoms with van der Waals surface area (Å²) in [5.41, 5.74) is 4.27. The van der Waals surface area contributed by atoms with Gasteiger partial charge in [-0.3, -0.25) is 14.9 Å². The monoisotopic (exact) mass is 539 g/mol. The van der Waals surface area contributed by atoms with Crippen molar-refractivity contribution in [3.05, 3.63) is 95.2 Å². The van der Waals surface area contributed by atoms with Crippen molar-refractivity contribution in [3.63, 3.8) is 0 Å². The van der Waals surface area contributed by atoms with Gasteiger partial charge in [-0.25, -0.2) is 4.79 Å². The Bertz CT molecular complexity index is 1590. The Morgan fingerprint density at radius 2 is 1.60 bits per heavy atom. The minimum absolute atomic E-state index is 0.139. The number of likely N-dealkylation sites (tertiary alicyclic amines) is 1. The van der Waals surface area contributed by atoms with Gasteiger partial charge in [0.15, 0.2) is 11.2 Å². The maximum atomic E-state index is 12.7. The summed E-state index contributed by atoms with van der Waals surface area (Å²) in [6.07, 6.45) is -1.06. The van der Waals surface area contributed by atoms with Gasteiger partial charge in [-0.05, 0) is 48.6 Å². The maximum Gasteiger partial charge on any atom is 0.412 e. The van der Waals surface area contributed by atoms with Crippen molar-refractivity contribution in [2.45, 2.75) is 32.3 Å². The first-order valence-corrected chi connectivity index (χ1v) is 12.8. The van der Waals surface area contributed by atoms with E-state index in [1.54, 1.807) is 38.2 Å². The van der Waals surface area contributed by atoms with Crippen molar-refractivity contribution < 1.29 is 28.8 Å². The van der Waals surface area contributed by atoms with E-state index in [2.05, 4.69) is 10.5 Å². The van der Waals surface area contributed by atoms with Crippen LogP contribution in [0.4, 0.5) is 10.5 Å². The lowest BCUT2D eigenvalue weighted by Gasteiger charge is -2.44. The van der Waals surface area contributed by atoms with Gasteiger partial charge in [-0.15, -0.1) is 0 Å². The van der Waals surface area contributed by atoms with E-state index in [9.17, 15) is 19.5 Å². The Morgan fingerprint density at radius 1 is 1.00 bits per heavy atom. The van der Waals surface area contributed by atoms with Crippen LogP contribution in [-0.2, 0) is 19.7 Å². The molecule has 5 rings (SSSR count). The zero-order valence-electron chi connectivity index (χ0n) is 22.6. The van der Waals surface area contributed by atoms with Crippen LogP contribution in [0.5, 0.6) is 0 Å². The molecule has 9 heteroatoms. The van der Waals surface area contributed by atoms with E-state index in [0.29, 0.717) is 28.3 Å². The molecule has 0 saturated carbocycles. The molecule has 4 aromatic rings. The number of ether oxygens (including phenoxy) is 1. The zero-order valence-corrected chi connectivity index (χ0v) is 22.6. The number of hydrogen-bond donors (Lipinski definition) is 2. The number of aryl methyl sites for hydroxylation is 2. The Labute approximate surface area is 231 Å². The SMILES string of the molecule is Cc1ccccc1[C@@H](C)OC(=O)Nc1c(C)noc1-c1ccc(-c2ccc(C3(C(=O)O)CN(C)C3=O)cc2)cc1. The number of aliphatic carboxylic acids is 1. The van der Waals surface area contributed by atoms with Crippen molar-refractivity contribution in [2.24, 2.45) is 0 Å². The van der Waals surface area contributed by atoms with Gasteiger partial charge in [-0.2, -0.15) is 0 Å². The van der Waals surface area contributed by atoms with Crippen molar-refractivity contribution in [1.29, 1.82) is 0 Å². The fourth-order valence-corrected chi connectivity index (χ4v) is 5.10. The van der Waals surface area contributed by atoms with Crippen LogP contribution in [0, 0.1) is 13.8 Å². The Morgan fingerprint density at radius 3 is 2.17 bits per heavy atom. The third kappa shape index (κ3) is 4.59. The van der Waals surface area contributed by atoms with Crippen LogP contribution >= 0.6 is 0 Å². The number of β-lactam (4-membered cyclic amide) rings is 1. The summed E-state index contributed by atoms with van der Waals surface area (Å²) in [5.74, 6) is -1.17. The standard InChI is InChI=1S/C31H29N3O6/c1-18-7-5-6-8-25(18)20(3)39-30(38)32-26-19(2)33-40-27(26)23-11-9-21(10-12-23)22-13-15-24(16-14-22)31(29(36)37)17-34(4)28(31)35/h5-16,20H,17H2,1-4H3,(H,32,38)(H,36,37)/t20-,31?/m1/s1. The molecule has 1 aliphatic heterocycles. The second-order valence-electron chi connectivity index (χ2n) is 10.0. The summed E-state index contributed by atoms with van der Waals surface area (Å²) in [5, 5.41) is 16.5. The first-order valence-electron chi connectivity index (χ1n) is 12.8. The lowest BCUT2D eigenvalue weighted by molar-refractivity contribution is -0.164. The Hall–Kier alpha value is -4.92. The number of nitrogens with one attached hydrogen (secondary N) is 1. The number of amides is 2. The molecule has 0 spiro atoms. The number of carboxylic acid groups (broad SMARTS) is 1. The summed E-state index contributed by atoms with van der Waals surface area (Å²) in [6, 6.07) is 22.2. The number of anilines is 1. The Balaban J connectivity index is 1.31. The second kappa shape index (κ2) is 10.3. The van der Waals surface area contributed by atoms with Gasteiger partial charge in [0.25, 0.3) is 0 Å². The average molecular weight is 540 g/mol. The molecule has 2 N–H and O–H groups in total. The summed E-state index contributed by atoms with van der Waals surface area (Å²) in [7, 11) is 1.59. The lowest BCUT2D eigenvalue weighted by atomic mass is 9.73. The number of nitrogens with zero attached hydrogens (tertiary/aromatic N) is 2. The third-order valence-electron chi connectivity index (χ3n) is 7.41. The highest BCUT2D eigenvalue weighted by Crippen LogP contribution is 2.37. The van der Waals surface area contributed by atoms with E-state index < -0.39 is 29.5 Å². The largest absolute Gasteiger partial charge is 0.480 e. The molecule has 9 nitrogen and oxygen atoms in total. The normalized spacial score (nSPS) is 17.2. The highest BCUT2D eigenvalue weighted by Gasteiger charge is 2.58. The average Bonchev–Trinajstić information content (AvgIpc) is 3.30. The highest BCUT2D eigenvalue weighted by atomic mass is 16.6. The van der Waals surface area contributed by atoms with Gasteiger partial charge in [0.2, 0.25) is 5.91 Å². The molecule has 1 fully saturated rings. The number of carbonyl (C=O) groups excluding carboxylic acids is 2. The molecule has 0 radical (unpaired) electrons. The van der Waals surface area contributed by atoms with Gasteiger partial charge in [0.1, 0.15) is 17.5 Å². The molecule has 0 aliphatic carbocycles. The van der Waals surface area contributed by atoms with Crippen LogP contribution in [0.3, 0.4) is 0 Å². The molecule has 0 bridgehead atoms. The molecular formula is C31H29N3O6. The van der Waals surface area contributed by atoms with Gasteiger partial charge in [0, 0.05) is 19.2 Å². The summed E-state index contributed by atoms with van der Waals surface area (Å²) < 4.78 is 11.1. The van der Waals surface area contributed by atoms with E-state index >= 15 is 0 Å². The van der Waals surface area contributed by atoms with Crippen LogP contribution in [0.25, 0.3) is 22.5 Å². The number of rotatable bonds is 7. The van der Waals surface area contributed by atoms with E-state index in [-0.39, 0.29) is 6.54 Å². The number of benzene rings is 3. The first-order chi connectivity index (χ1) is 19.1. The molecule has 1 aromatic heterocycles. The molecular weight excluding hydrogens is 510 g/mol. The van der Waals surface area contributed by atoms with Crippen molar-refractivity contribution >= 4 is 23.7 Å².